The summed E-state index contributed by atoms with van der Waals surface area (Å²) in [6, 6.07) is 14.7. The van der Waals surface area contributed by atoms with Gasteiger partial charge in [-0.25, -0.2) is 5.43 Å². The molecule has 0 unspecified atom stereocenters. The number of rotatable bonds is 8. The first-order chi connectivity index (χ1) is 14.5. The number of hydrogen-bond acceptors (Lipinski definition) is 5. The van der Waals surface area contributed by atoms with E-state index in [-0.39, 0.29) is 11.8 Å². The lowest BCUT2D eigenvalue weighted by molar-refractivity contribution is -0.127. The molecule has 1 N–H and O–H groups in total. The molecule has 1 aliphatic rings. The third-order valence-corrected chi connectivity index (χ3v) is 4.80. The fourth-order valence-electron chi connectivity index (χ4n) is 3.15. The normalized spacial score (nSPS) is 15.1. The van der Waals surface area contributed by atoms with Crippen molar-refractivity contribution in [1.82, 2.24) is 5.43 Å². The van der Waals surface area contributed by atoms with Gasteiger partial charge in [-0.15, -0.1) is 0 Å². The number of anilines is 1. The van der Waals surface area contributed by atoms with Crippen LogP contribution in [0.2, 0.25) is 0 Å². The van der Waals surface area contributed by atoms with Gasteiger partial charge in [0, 0.05) is 18.7 Å². The van der Waals surface area contributed by atoms with E-state index in [9.17, 15) is 9.59 Å². The van der Waals surface area contributed by atoms with Gasteiger partial charge in [-0.05, 0) is 69.2 Å². The Morgan fingerprint density at radius 2 is 1.93 bits per heavy atom. The van der Waals surface area contributed by atoms with Crippen LogP contribution in [0.25, 0.3) is 0 Å². The molecule has 2 aromatic rings. The summed E-state index contributed by atoms with van der Waals surface area (Å²) in [6.07, 6.45) is 0.742. The van der Waals surface area contributed by atoms with Crippen LogP contribution >= 0.6 is 0 Å². The summed E-state index contributed by atoms with van der Waals surface area (Å²) >= 11 is 0. The molecule has 0 aliphatic carbocycles. The lowest BCUT2D eigenvalue weighted by Crippen LogP contribution is -2.34. The highest BCUT2D eigenvalue weighted by Gasteiger charge is 2.22. The van der Waals surface area contributed by atoms with Crippen LogP contribution in [0.1, 0.15) is 39.2 Å². The first kappa shape index (κ1) is 21.4. The fourth-order valence-corrected chi connectivity index (χ4v) is 3.15. The summed E-state index contributed by atoms with van der Waals surface area (Å²) in [5.74, 6) is 1.11. The van der Waals surface area contributed by atoms with Gasteiger partial charge < -0.3 is 14.4 Å². The third-order valence-electron chi connectivity index (χ3n) is 4.80. The monoisotopic (exact) mass is 409 g/mol. The first-order valence-electron chi connectivity index (χ1n) is 10.1. The Labute approximate surface area is 176 Å². The minimum atomic E-state index is -0.715. The average molecular weight is 409 g/mol. The van der Waals surface area contributed by atoms with Crippen LogP contribution in [-0.2, 0) is 9.59 Å². The summed E-state index contributed by atoms with van der Waals surface area (Å²) in [5, 5.41) is 4.20. The average Bonchev–Trinajstić information content (AvgIpc) is 3.19. The summed E-state index contributed by atoms with van der Waals surface area (Å²) < 4.78 is 11.1. The number of carbonyl (C=O) groups is 2. The van der Waals surface area contributed by atoms with Crippen molar-refractivity contribution < 1.29 is 19.1 Å². The number of nitrogens with zero attached hydrogens (tertiary/aromatic N) is 2. The van der Waals surface area contributed by atoms with Gasteiger partial charge in [0.15, 0.2) is 6.10 Å². The molecule has 3 rings (SSSR count). The molecule has 0 saturated carbocycles. The molecule has 1 saturated heterocycles. The zero-order valence-electron chi connectivity index (χ0n) is 17.6. The van der Waals surface area contributed by atoms with E-state index in [1.807, 2.05) is 38.1 Å². The highest BCUT2D eigenvalue weighted by Crippen LogP contribution is 2.22. The Balaban J connectivity index is 1.59. The maximum Gasteiger partial charge on any atom is 0.280 e. The van der Waals surface area contributed by atoms with Crippen molar-refractivity contribution in [1.29, 1.82) is 0 Å². The molecule has 0 aromatic heterocycles. The second-order valence-electron chi connectivity index (χ2n) is 7.04. The van der Waals surface area contributed by atoms with Gasteiger partial charge in [-0.2, -0.15) is 5.10 Å². The molecule has 1 atom stereocenters. The van der Waals surface area contributed by atoms with E-state index in [1.165, 1.54) is 0 Å². The quantitative estimate of drug-likeness (QED) is 0.534. The molecular weight excluding hydrogens is 382 g/mol. The van der Waals surface area contributed by atoms with Gasteiger partial charge in [0.25, 0.3) is 5.91 Å². The molecular formula is C23H27N3O4. The number of benzene rings is 2. The second-order valence-corrected chi connectivity index (χ2v) is 7.04. The Morgan fingerprint density at radius 1 is 1.20 bits per heavy atom. The predicted molar refractivity (Wildman–Crippen MR) is 116 cm³/mol. The molecule has 7 nitrogen and oxygen atoms in total. The molecule has 158 valence electrons. The van der Waals surface area contributed by atoms with E-state index < -0.39 is 6.10 Å². The van der Waals surface area contributed by atoms with Gasteiger partial charge in [-0.3, -0.25) is 9.59 Å². The van der Waals surface area contributed by atoms with Crippen molar-refractivity contribution in [2.45, 2.75) is 39.7 Å². The Hall–Kier alpha value is -3.35. The van der Waals surface area contributed by atoms with Crippen molar-refractivity contribution in [3.8, 4) is 11.5 Å². The number of amides is 2. The molecule has 2 aromatic carbocycles. The lowest BCUT2D eigenvalue weighted by atomic mass is 10.1. The van der Waals surface area contributed by atoms with Crippen molar-refractivity contribution in [3.05, 3.63) is 54.1 Å². The summed E-state index contributed by atoms with van der Waals surface area (Å²) in [7, 11) is 0. The fraction of sp³-hybridized carbons (Fsp3) is 0.348. The van der Waals surface area contributed by atoms with E-state index in [2.05, 4.69) is 10.5 Å². The molecule has 0 radical (unpaired) electrons. The first-order valence-corrected chi connectivity index (χ1v) is 10.1. The van der Waals surface area contributed by atoms with Gasteiger partial charge in [0.05, 0.1) is 12.3 Å². The van der Waals surface area contributed by atoms with Gasteiger partial charge in [0.2, 0.25) is 5.91 Å². The van der Waals surface area contributed by atoms with E-state index >= 15 is 0 Å². The number of nitrogens with one attached hydrogen (secondary N) is 1. The number of hydrogen-bond donors (Lipinski definition) is 1. The molecule has 0 spiro atoms. The van der Waals surface area contributed by atoms with Crippen molar-refractivity contribution in [2.75, 3.05) is 18.1 Å². The molecule has 1 heterocycles. The minimum absolute atomic E-state index is 0.135. The molecule has 7 heteroatoms. The van der Waals surface area contributed by atoms with Crippen molar-refractivity contribution >= 4 is 23.2 Å². The van der Waals surface area contributed by atoms with Gasteiger partial charge in [0.1, 0.15) is 11.5 Å². The van der Waals surface area contributed by atoms with E-state index in [1.54, 1.807) is 36.1 Å². The maximum atomic E-state index is 12.4. The zero-order chi connectivity index (χ0) is 21.5. The number of hydrazone groups is 1. The largest absolute Gasteiger partial charge is 0.494 e. The van der Waals surface area contributed by atoms with Crippen LogP contribution in [0, 0.1) is 0 Å². The lowest BCUT2D eigenvalue weighted by Gasteiger charge is -2.16. The number of ether oxygens (including phenoxy) is 2. The number of carbonyl (C=O) groups excluding carboxylic acids is 2. The summed E-state index contributed by atoms with van der Waals surface area (Å²) in [6.45, 7) is 6.71. The van der Waals surface area contributed by atoms with Crippen molar-refractivity contribution in [2.24, 2.45) is 5.10 Å². The van der Waals surface area contributed by atoms with E-state index in [0.717, 1.165) is 30.0 Å². The highest BCUT2D eigenvalue weighted by molar-refractivity contribution is 6.02. The summed E-state index contributed by atoms with van der Waals surface area (Å²) in [5.41, 5.74) is 4.88. The van der Waals surface area contributed by atoms with Crippen LogP contribution < -0.4 is 19.8 Å². The zero-order valence-corrected chi connectivity index (χ0v) is 17.6. The van der Waals surface area contributed by atoms with Crippen LogP contribution in [0.15, 0.2) is 53.6 Å². The van der Waals surface area contributed by atoms with E-state index in [4.69, 9.17) is 9.47 Å². The third kappa shape index (κ3) is 5.37. The summed E-state index contributed by atoms with van der Waals surface area (Å²) in [4.78, 5) is 26.1. The Bertz CT molecular complexity index is 924. The minimum Gasteiger partial charge on any atom is -0.494 e. The molecule has 30 heavy (non-hydrogen) atoms. The van der Waals surface area contributed by atoms with Crippen molar-refractivity contribution in [3.63, 3.8) is 0 Å². The predicted octanol–water partition coefficient (Wildman–Crippen LogP) is 3.52. The molecule has 2 amide bonds. The van der Waals surface area contributed by atoms with E-state index in [0.29, 0.717) is 24.5 Å². The van der Waals surface area contributed by atoms with Crippen LogP contribution in [0.5, 0.6) is 11.5 Å². The van der Waals surface area contributed by atoms with Gasteiger partial charge in [-0.1, -0.05) is 12.1 Å². The molecule has 1 aliphatic heterocycles. The smallest absolute Gasteiger partial charge is 0.280 e. The SMILES string of the molecule is CCOc1ccc(O[C@@H](C)C(=O)N/N=C(/C)c2cccc(N3CCCC3=O)c2)cc1. The molecule has 0 bridgehead atoms. The van der Waals surface area contributed by atoms with Crippen LogP contribution in [-0.4, -0.2) is 36.8 Å². The standard InChI is InChI=1S/C23H27N3O4/c1-4-29-20-10-12-21(13-11-20)30-17(3)23(28)25-24-16(2)18-7-5-8-19(15-18)26-14-6-9-22(26)27/h5,7-8,10-13,15,17H,4,6,9,14H2,1-3H3,(H,25,28)/b24-16-/t17-/m0/s1. The highest BCUT2D eigenvalue weighted by atomic mass is 16.5. The Kier molecular flexibility index (Phi) is 7.06. The van der Waals surface area contributed by atoms with Crippen LogP contribution in [0.3, 0.4) is 0 Å². The molecule has 1 fully saturated rings. The Morgan fingerprint density at radius 3 is 2.60 bits per heavy atom. The second kappa shape index (κ2) is 9.91. The maximum absolute atomic E-state index is 12.4. The topological polar surface area (TPSA) is 80.2 Å². The van der Waals surface area contributed by atoms with Crippen LogP contribution in [0.4, 0.5) is 5.69 Å². The van der Waals surface area contributed by atoms with Gasteiger partial charge >= 0.3 is 0 Å².